The fourth-order valence-corrected chi connectivity index (χ4v) is 2.91. The van der Waals surface area contributed by atoms with E-state index in [1.807, 2.05) is 13.8 Å². The summed E-state index contributed by atoms with van der Waals surface area (Å²) in [6.07, 6.45) is 1.08. The summed E-state index contributed by atoms with van der Waals surface area (Å²) in [6.45, 7) is 6.16. The van der Waals surface area contributed by atoms with Gasteiger partial charge in [0.15, 0.2) is 0 Å². The summed E-state index contributed by atoms with van der Waals surface area (Å²) in [5, 5.41) is 2.96. The van der Waals surface area contributed by atoms with E-state index in [1.165, 1.54) is 9.75 Å². The van der Waals surface area contributed by atoms with Gasteiger partial charge in [0, 0.05) is 9.75 Å². The quantitative estimate of drug-likeness (QED) is 0.745. The molecule has 0 saturated carbocycles. The van der Waals surface area contributed by atoms with E-state index in [4.69, 9.17) is 0 Å². The predicted octanol–water partition coefficient (Wildman–Crippen LogP) is 2.51. The molecule has 0 aliphatic carbocycles. The fraction of sp³-hybridized carbons (Fsp3) is 0.545. The maximum absolute atomic E-state index is 11.3. The van der Waals surface area contributed by atoms with Crippen molar-refractivity contribution >= 4 is 17.2 Å². The maximum Gasteiger partial charge on any atom is 0.228 e. The lowest BCUT2D eigenvalue weighted by Crippen LogP contribution is -2.57. The zero-order valence-corrected chi connectivity index (χ0v) is 9.57. The molecule has 1 aliphatic heterocycles. The highest BCUT2D eigenvalue weighted by atomic mass is 32.1. The summed E-state index contributed by atoms with van der Waals surface area (Å²) in [5.74, 6) is 0.161. The van der Waals surface area contributed by atoms with Crippen LogP contribution in [0, 0.1) is 5.41 Å². The molecule has 1 unspecified atom stereocenters. The van der Waals surface area contributed by atoms with Gasteiger partial charge in [0.1, 0.15) is 0 Å². The molecule has 14 heavy (non-hydrogen) atoms. The first-order valence-corrected chi connectivity index (χ1v) is 5.77. The standard InChI is InChI=1S/C11H15NOS/c1-4-7-5-6-8(14-7)9-11(2,3)10(13)12-9/h5-6,9H,4H2,1-3H3,(H,12,13). The molecule has 1 fully saturated rings. The van der Waals surface area contributed by atoms with Crippen molar-refractivity contribution in [3.63, 3.8) is 0 Å². The predicted molar refractivity (Wildman–Crippen MR) is 58.4 cm³/mol. The number of nitrogens with one attached hydrogen (secondary N) is 1. The van der Waals surface area contributed by atoms with Gasteiger partial charge in [-0.15, -0.1) is 11.3 Å². The van der Waals surface area contributed by atoms with Gasteiger partial charge in [0.05, 0.1) is 11.5 Å². The van der Waals surface area contributed by atoms with Gasteiger partial charge in [-0.05, 0) is 32.4 Å². The van der Waals surface area contributed by atoms with Crippen molar-refractivity contribution < 1.29 is 4.79 Å². The third-order valence-corrected chi connectivity index (χ3v) is 4.19. The SMILES string of the molecule is CCc1ccc(C2NC(=O)C2(C)C)s1. The summed E-state index contributed by atoms with van der Waals surface area (Å²) in [4.78, 5) is 14.0. The molecule has 0 aromatic carbocycles. The average Bonchev–Trinajstić information content (AvgIpc) is 2.61. The molecular weight excluding hydrogens is 194 g/mol. The van der Waals surface area contributed by atoms with Crippen LogP contribution in [0.4, 0.5) is 0 Å². The van der Waals surface area contributed by atoms with Gasteiger partial charge in [-0.3, -0.25) is 4.79 Å². The molecule has 1 aromatic heterocycles. The molecule has 3 heteroatoms. The van der Waals surface area contributed by atoms with Crippen LogP contribution >= 0.6 is 11.3 Å². The number of amides is 1. The van der Waals surface area contributed by atoms with Crippen molar-refractivity contribution in [1.82, 2.24) is 5.32 Å². The van der Waals surface area contributed by atoms with Crippen LogP contribution in [0.25, 0.3) is 0 Å². The Morgan fingerprint density at radius 1 is 1.50 bits per heavy atom. The normalized spacial score (nSPS) is 24.2. The summed E-state index contributed by atoms with van der Waals surface area (Å²) >= 11 is 1.81. The fourth-order valence-electron chi connectivity index (χ4n) is 1.72. The topological polar surface area (TPSA) is 29.1 Å². The van der Waals surface area contributed by atoms with Gasteiger partial charge in [0.2, 0.25) is 5.91 Å². The molecule has 2 nitrogen and oxygen atoms in total. The van der Waals surface area contributed by atoms with E-state index in [0.29, 0.717) is 0 Å². The number of carbonyl (C=O) groups excluding carboxylic acids is 1. The van der Waals surface area contributed by atoms with E-state index in [-0.39, 0.29) is 17.4 Å². The Balaban J connectivity index is 2.21. The third-order valence-electron chi connectivity index (χ3n) is 2.90. The number of carbonyl (C=O) groups is 1. The highest BCUT2D eigenvalue weighted by Crippen LogP contribution is 2.43. The van der Waals surface area contributed by atoms with Crippen LogP contribution in [0.1, 0.15) is 36.6 Å². The van der Waals surface area contributed by atoms with Crippen LogP contribution in [0.5, 0.6) is 0 Å². The second-order valence-corrected chi connectivity index (χ2v) is 5.49. The Morgan fingerprint density at radius 2 is 2.21 bits per heavy atom. The molecule has 0 spiro atoms. The smallest absolute Gasteiger partial charge is 0.228 e. The zero-order chi connectivity index (χ0) is 10.3. The lowest BCUT2D eigenvalue weighted by atomic mass is 9.75. The van der Waals surface area contributed by atoms with E-state index in [9.17, 15) is 4.79 Å². The second kappa shape index (κ2) is 3.09. The average molecular weight is 209 g/mol. The first kappa shape index (κ1) is 9.71. The van der Waals surface area contributed by atoms with Crippen LogP contribution in [-0.4, -0.2) is 5.91 Å². The molecule has 1 aromatic rings. The van der Waals surface area contributed by atoms with Crippen LogP contribution in [0.2, 0.25) is 0 Å². The number of hydrogen-bond donors (Lipinski definition) is 1. The van der Waals surface area contributed by atoms with Gasteiger partial charge in [-0.2, -0.15) is 0 Å². The van der Waals surface area contributed by atoms with Crippen molar-refractivity contribution in [1.29, 1.82) is 0 Å². The largest absolute Gasteiger partial charge is 0.347 e. The van der Waals surface area contributed by atoms with Gasteiger partial charge in [-0.25, -0.2) is 0 Å². The Labute approximate surface area is 88.3 Å². The minimum absolute atomic E-state index is 0.161. The number of thiophene rings is 1. The minimum atomic E-state index is -0.226. The Kier molecular flexibility index (Phi) is 2.14. The first-order valence-electron chi connectivity index (χ1n) is 4.95. The molecule has 1 atom stereocenters. The Bertz CT molecular complexity index is 367. The van der Waals surface area contributed by atoms with Gasteiger partial charge >= 0.3 is 0 Å². The summed E-state index contributed by atoms with van der Waals surface area (Å²) in [7, 11) is 0. The lowest BCUT2D eigenvalue weighted by Gasteiger charge is -2.43. The molecule has 2 rings (SSSR count). The minimum Gasteiger partial charge on any atom is -0.347 e. The Morgan fingerprint density at radius 3 is 2.64 bits per heavy atom. The molecule has 0 radical (unpaired) electrons. The van der Waals surface area contributed by atoms with Crippen LogP contribution in [0.3, 0.4) is 0 Å². The number of hydrogen-bond acceptors (Lipinski definition) is 2. The van der Waals surface area contributed by atoms with E-state index in [1.54, 1.807) is 11.3 Å². The van der Waals surface area contributed by atoms with Gasteiger partial charge < -0.3 is 5.32 Å². The number of aryl methyl sites for hydroxylation is 1. The lowest BCUT2D eigenvalue weighted by molar-refractivity contribution is -0.142. The van der Waals surface area contributed by atoms with Crippen LogP contribution in [-0.2, 0) is 11.2 Å². The zero-order valence-electron chi connectivity index (χ0n) is 8.76. The molecule has 2 heterocycles. The van der Waals surface area contributed by atoms with E-state index in [0.717, 1.165) is 6.42 Å². The monoisotopic (exact) mass is 209 g/mol. The summed E-state index contributed by atoms with van der Waals surface area (Å²) in [6, 6.07) is 4.51. The second-order valence-electron chi connectivity index (χ2n) is 4.29. The van der Waals surface area contributed by atoms with Gasteiger partial charge in [-0.1, -0.05) is 6.92 Å². The molecule has 1 saturated heterocycles. The molecular formula is C11H15NOS. The highest BCUT2D eigenvalue weighted by molar-refractivity contribution is 7.12. The van der Waals surface area contributed by atoms with E-state index < -0.39 is 0 Å². The van der Waals surface area contributed by atoms with E-state index in [2.05, 4.69) is 24.4 Å². The number of β-lactam (4-membered cyclic amide) rings is 1. The van der Waals surface area contributed by atoms with Gasteiger partial charge in [0.25, 0.3) is 0 Å². The van der Waals surface area contributed by atoms with Crippen molar-refractivity contribution in [2.75, 3.05) is 0 Å². The molecule has 1 amide bonds. The van der Waals surface area contributed by atoms with Crippen LogP contribution in [0.15, 0.2) is 12.1 Å². The summed E-state index contributed by atoms with van der Waals surface area (Å²) < 4.78 is 0. The van der Waals surface area contributed by atoms with E-state index >= 15 is 0 Å². The van der Waals surface area contributed by atoms with Crippen molar-refractivity contribution in [2.45, 2.75) is 33.2 Å². The highest BCUT2D eigenvalue weighted by Gasteiger charge is 2.48. The molecule has 1 N–H and O–H groups in total. The van der Waals surface area contributed by atoms with Crippen LogP contribution < -0.4 is 5.32 Å². The molecule has 0 bridgehead atoms. The first-order chi connectivity index (χ1) is 6.55. The molecule has 1 aliphatic rings. The summed E-state index contributed by atoms with van der Waals surface area (Å²) in [5.41, 5.74) is -0.226. The van der Waals surface area contributed by atoms with Crippen molar-refractivity contribution in [2.24, 2.45) is 5.41 Å². The maximum atomic E-state index is 11.3. The number of rotatable bonds is 2. The molecule has 76 valence electrons. The third kappa shape index (κ3) is 1.27. The van der Waals surface area contributed by atoms with Crippen molar-refractivity contribution in [3.8, 4) is 0 Å². The van der Waals surface area contributed by atoms with Crippen molar-refractivity contribution in [3.05, 3.63) is 21.9 Å². The Hall–Kier alpha value is -0.830.